The third-order valence-electron chi connectivity index (χ3n) is 9.24. The zero-order valence-electron chi connectivity index (χ0n) is 23.0. The number of hydrogen-bond acceptors (Lipinski definition) is 10. The summed E-state index contributed by atoms with van der Waals surface area (Å²) in [6.45, 7) is 2.65. The van der Waals surface area contributed by atoms with Crippen molar-refractivity contribution in [2.45, 2.75) is 43.9 Å². The number of carbonyl (C=O) groups is 3. The summed E-state index contributed by atoms with van der Waals surface area (Å²) in [5.74, 6) is -7.47. The number of ketones is 2. The maximum Gasteiger partial charge on any atom is 0.255 e. The SMILES string of the molecule is COc1ccc(-c2ccc(O)c3c2C[C@@H]2C(=C3O)C(=O)[C@]3(O)C(O)=C(C(N)=O)C(=O)C[C@@H]3[C@H]2O)cc1CN1CCCC1. The average molecular weight is 577 g/mol. The van der Waals surface area contributed by atoms with Gasteiger partial charge in [0.15, 0.2) is 11.4 Å². The third kappa shape index (κ3) is 3.95. The highest BCUT2D eigenvalue weighted by molar-refractivity contribution is 6.23. The van der Waals surface area contributed by atoms with Crippen LogP contribution in [0.3, 0.4) is 0 Å². The summed E-state index contributed by atoms with van der Waals surface area (Å²) in [5.41, 5.74) is 3.85. The summed E-state index contributed by atoms with van der Waals surface area (Å²) < 4.78 is 5.60. The van der Waals surface area contributed by atoms with E-state index in [0.29, 0.717) is 17.7 Å². The first-order chi connectivity index (χ1) is 20.0. The van der Waals surface area contributed by atoms with E-state index in [1.807, 2.05) is 18.2 Å². The number of rotatable bonds is 5. The molecule has 0 bridgehead atoms. The lowest BCUT2D eigenvalue weighted by Gasteiger charge is -2.48. The fraction of sp³-hybridized carbons (Fsp3) is 0.387. The molecule has 1 saturated heterocycles. The number of phenols is 1. The number of methoxy groups -OCH3 is 1. The molecule has 4 atom stereocenters. The second-order valence-electron chi connectivity index (χ2n) is 11.5. The molecule has 4 aliphatic rings. The lowest BCUT2D eigenvalue weighted by atomic mass is 9.57. The van der Waals surface area contributed by atoms with Crippen molar-refractivity contribution in [3.8, 4) is 22.6 Å². The molecule has 11 heteroatoms. The van der Waals surface area contributed by atoms with Crippen LogP contribution in [0.1, 0.15) is 36.0 Å². The van der Waals surface area contributed by atoms with Crippen LogP contribution >= 0.6 is 0 Å². The fourth-order valence-corrected chi connectivity index (χ4v) is 7.16. The van der Waals surface area contributed by atoms with E-state index < -0.39 is 70.1 Å². The smallest absolute Gasteiger partial charge is 0.255 e. The first kappa shape index (κ1) is 28.0. The van der Waals surface area contributed by atoms with Gasteiger partial charge in [-0.1, -0.05) is 12.1 Å². The molecule has 3 aliphatic carbocycles. The van der Waals surface area contributed by atoms with E-state index in [1.165, 1.54) is 6.07 Å². The molecular weight excluding hydrogens is 544 g/mol. The number of primary amides is 1. The highest BCUT2D eigenvalue weighted by Crippen LogP contribution is 2.53. The number of aliphatic hydroxyl groups excluding tert-OH is 3. The number of amides is 1. The molecule has 2 fully saturated rings. The number of nitrogens with zero attached hydrogens (tertiary/aromatic N) is 1. The highest BCUT2D eigenvalue weighted by atomic mass is 16.5. The van der Waals surface area contributed by atoms with Crippen molar-refractivity contribution in [1.82, 2.24) is 4.90 Å². The van der Waals surface area contributed by atoms with Crippen LogP contribution in [0.25, 0.3) is 16.9 Å². The zero-order valence-corrected chi connectivity index (χ0v) is 23.0. The van der Waals surface area contributed by atoms with E-state index in [0.717, 1.165) is 42.8 Å². The predicted octanol–water partition coefficient (Wildman–Crippen LogP) is 1.67. The van der Waals surface area contributed by atoms with Gasteiger partial charge in [-0.2, -0.15) is 0 Å². The molecule has 2 aromatic carbocycles. The van der Waals surface area contributed by atoms with Gasteiger partial charge in [-0.05, 0) is 67.2 Å². The van der Waals surface area contributed by atoms with Gasteiger partial charge in [0.1, 0.15) is 28.6 Å². The van der Waals surface area contributed by atoms with E-state index in [-0.39, 0.29) is 17.7 Å². The van der Waals surface area contributed by atoms with Crippen LogP contribution in [-0.2, 0) is 27.3 Å². The maximum atomic E-state index is 13.8. The van der Waals surface area contributed by atoms with Crippen LogP contribution in [0.15, 0.2) is 47.2 Å². The van der Waals surface area contributed by atoms with Gasteiger partial charge in [0.25, 0.3) is 5.91 Å². The molecule has 0 spiro atoms. The number of aromatic hydroxyl groups is 1. The van der Waals surface area contributed by atoms with Crippen LogP contribution in [0, 0.1) is 11.8 Å². The summed E-state index contributed by atoms with van der Waals surface area (Å²) >= 11 is 0. The summed E-state index contributed by atoms with van der Waals surface area (Å²) in [4.78, 5) is 40.6. The van der Waals surface area contributed by atoms with Gasteiger partial charge >= 0.3 is 0 Å². The second-order valence-corrected chi connectivity index (χ2v) is 11.5. The molecule has 1 heterocycles. The van der Waals surface area contributed by atoms with Crippen molar-refractivity contribution in [2.24, 2.45) is 17.6 Å². The maximum absolute atomic E-state index is 13.8. The molecule has 0 unspecified atom stereocenters. The van der Waals surface area contributed by atoms with Crippen LogP contribution < -0.4 is 10.5 Å². The molecule has 220 valence electrons. The molecular formula is C31H32N2O9. The second kappa shape index (κ2) is 9.97. The first-order valence-corrected chi connectivity index (χ1v) is 13.9. The monoisotopic (exact) mass is 576 g/mol. The van der Waals surface area contributed by atoms with Crippen LogP contribution in [-0.4, -0.2) is 79.8 Å². The van der Waals surface area contributed by atoms with Crippen LogP contribution in [0.4, 0.5) is 0 Å². The van der Waals surface area contributed by atoms with Gasteiger partial charge in [0.05, 0.1) is 18.8 Å². The van der Waals surface area contributed by atoms with Crippen molar-refractivity contribution in [3.05, 3.63) is 63.9 Å². The normalized spacial score (nSPS) is 27.5. The van der Waals surface area contributed by atoms with E-state index in [1.54, 1.807) is 13.2 Å². The Labute approximate surface area is 241 Å². The molecule has 0 aromatic heterocycles. The predicted molar refractivity (Wildman–Crippen MR) is 149 cm³/mol. The summed E-state index contributed by atoms with van der Waals surface area (Å²) in [6, 6.07) is 8.76. The Kier molecular flexibility index (Phi) is 6.64. The van der Waals surface area contributed by atoms with Gasteiger partial charge in [-0.3, -0.25) is 19.3 Å². The van der Waals surface area contributed by atoms with E-state index >= 15 is 0 Å². The van der Waals surface area contributed by atoms with E-state index in [4.69, 9.17) is 10.5 Å². The van der Waals surface area contributed by atoms with Crippen molar-refractivity contribution in [3.63, 3.8) is 0 Å². The molecule has 2 aromatic rings. The number of aliphatic hydroxyl groups is 4. The van der Waals surface area contributed by atoms with Gasteiger partial charge in [0, 0.05) is 35.9 Å². The Bertz CT molecular complexity index is 1600. The minimum atomic E-state index is -2.86. The molecule has 1 amide bonds. The number of likely N-dealkylation sites (tertiary alicyclic amines) is 1. The number of Topliss-reactive ketones (excluding diaryl/α,β-unsaturated/α-hetero) is 2. The van der Waals surface area contributed by atoms with E-state index in [9.17, 15) is 39.9 Å². The summed E-state index contributed by atoms with van der Waals surface area (Å²) in [7, 11) is 1.60. The van der Waals surface area contributed by atoms with Crippen LogP contribution in [0.5, 0.6) is 11.5 Å². The molecule has 11 nitrogen and oxygen atoms in total. The van der Waals surface area contributed by atoms with E-state index in [2.05, 4.69) is 4.90 Å². The Hall–Kier alpha value is -4.19. The van der Waals surface area contributed by atoms with Gasteiger partial charge in [0.2, 0.25) is 5.78 Å². The largest absolute Gasteiger partial charge is 0.508 e. The Balaban J connectivity index is 1.49. The molecule has 1 aliphatic heterocycles. The fourth-order valence-electron chi connectivity index (χ4n) is 7.16. The topological polar surface area (TPSA) is 191 Å². The van der Waals surface area contributed by atoms with Crippen molar-refractivity contribution < 1.29 is 44.7 Å². The first-order valence-electron chi connectivity index (χ1n) is 13.9. The standard InChI is InChI=1S/C31H32N2O9/c1-42-22-7-4-14(10-15(22)13-33-8-2-3-9-33)16-5-6-20(34)23-17(16)11-18-24(27(23)37)28(38)31(41)19(26(18)36)12-21(35)25(29(31)39)30(32)40/h4-7,10,18-19,26,34,36-37,39,41H,2-3,8-9,11-13H2,1H3,(H2,32,40)/t18-,19-,26+,31+/m1/s1. The Morgan fingerprint density at radius 2 is 1.81 bits per heavy atom. The summed E-state index contributed by atoms with van der Waals surface area (Å²) in [6.07, 6.45) is 0.0444. The number of ether oxygens (including phenoxy) is 1. The number of fused-ring (bicyclic) bond motifs is 3. The number of benzene rings is 2. The lowest BCUT2D eigenvalue weighted by molar-refractivity contribution is -0.159. The zero-order chi connectivity index (χ0) is 30.1. The molecule has 1 saturated carbocycles. The summed E-state index contributed by atoms with van der Waals surface area (Å²) in [5, 5.41) is 55.9. The molecule has 7 N–H and O–H groups in total. The molecule has 0 radical (unpaired) electrons. The quantitative estimate of drug-likeness (QED) is 0.285. The lowest BCUT2D eigenvalue weighted by Crippen LogP contribution is -2.63. The Morgan fingerprint density at radius 1 is 1.10 bits per heavy atom. The molecule has 42 heavy (non-hydrogen) atoms. The third-order valence-corrected chi connectivity index (χ3v) is 9.24. The Morgan fingerprint density at radius 3 is 2.48 bits per heavy atom. The van der Waals surface area contributed by atoms with Crippen molar-refractivity contribution in [1.29, 1.82) is 0 Å². The van der Waals surface area contributed by atoms with Gasteiger partial charge < -0.3 is 36.0 Å². The molecule has 6 rings (SSSR count). The number of carbonyl (C=O) groups excluding carboxylic acids is 3. The number of nitrogens with two attached hydrogens (primary N) is 1. The van der Waals surface area contributed by atoms with Crippen LogP contribution in [0.2, 0.25) is 0 Å². The highest BCUT2D eigenvalue weighted by Gasteiger charge is 2.64. The van der Waals surface area contributed by atoms with Crippen molar-refractivity contribution >= 4 is 23.2 Å². The number of hydrogen-bond donors (Lipinski definition) is 6. The minimum Gasteiger partial charge on any atom is -0.508 e. The number of phenolic OH excluding ortho intramolecular Hbond substituents is 1. The average Bonchev–Trinajstić information content (AvgIpc) is 3.46. The van der Waals surface area contributed by atoms with Gasteiger partial charge in [-0.25, -0.2) is 0 Å². The minimum absolute atomic E-state index is 0.0211. The van der Waals surface area contributed by atoms with Crippen molar-refractivity contribution in [2.75, 3.05) is 20.2 Å². The van der Waals surface area contributed by atoms with Gasteiger partial charge in [-0.15, -0.1) is 0 Å².